The Morgan fingerprint density at radius 3 is 2.61 bits per heavy atom. The van der Waals surface area contributed by atoms with Crippen molar-refractivity contribution in [3.63, 3.8) is 0 Å². The van der Waals surface area contributed by atoms with Gasteiger partial charge in [-0.15, -0.1) is 0 Å². The number of pyridine rings is 2. The number of aromatic nitrogens is 2. The number of Topliss-reactive ketones (excluding diaryl/α,β-unsaturated/α-hetero) is 1. The molecule has 0 aromatic carbocycles. The van der Waals surface area contributed by atoms with Gasteiger partial charge in [-0.2, -0.15) is 0 Å². The number of ketones is 1. The molecule has 0 radical (unpaired) electrons. The molecule has 2 fully saturated rings. The highest BCUT2D eigenvalue weighted by molar-refractivity contribution is 5.99. The first-order valence-electron chi connectivity index (χ1n) is 10.2. The van der Waals surface area contributed by atoms with Crippen LogP contribution in [0.2, 0.25) is 0 Å². The molecule has 0 bridgehead atoms. The fraction of sp³-hybridized carbons (Fsp3) is 0.478. The van der Waals surface area contributed by atoms with E-state index in [0.717, 1.165) is 55.9 Å². The minimum Gasteiger partial charge on any atom is -0.296 e. The predicted octanol–water partition coefficient (Wildman–Crippen LogP) is 4.28. The van der Waals surface area contributed by atoms with Crippen molar-refractivity contribution in [3.8, 4) is 0 Å². The third-order valence-corrected chi connectivity index (χ3v) is 6.26. The van der Waals surface area contributed by atoms with Crippen LogP contribution in [0.15, 0.2) is 36.4 Å². The van der Waals surface area contributed by atoms with Crippen molar-refractivity contribution in [3.05, 3.63) is 53.5 Å². The second kappa shape index (κ2) is 7.46. The van der Waals surface area contributed by atoms with Crippen LogP contribution in [0.3, 0.4) is 0 Å². The van der Waals surface area contributed by atoms with Crippen LogP contribution < -0.4 is 4.90 Å². The number of hydrogen-bond donors (Lipinski definition) is 0. The van der Waals surface area contributed by atoms with Crippen molar-refractivity contribution in [2.75, 3.05) is 11.4 Å². The number of anilines is 1. The standard InChI is InChI=1S/C23H27N3O2/c1-16-6-3-9-19(24-16)20(27)14-18-8-5-11-23(15-18)12-13-26(22(23)28)21-10-4-7-17(2)25-21/h3-4,6-7,9-10,18H,5,8,11-15H2,1-2H3/t18-,23+/m1/s1. The van der Waals surface area contributed by atoms with Gasteiger partial charge in [-0.1, -0.05) is 18.6 Å². The van der Waals surface area contributed by atoms with Gasteiger partial charge in [0.25, 0.3) is 0 Å². The third-order valence-electron chi connectivity index (χ3n) is 6.26. The van der Waals surface area contributed by atoms with Crippen LogP contribution in [0, 0.1) is 25.2 Å². The zero-order valence-electron chi connectivity index (χ0n) is 16.6. The van der Waals surface area contributed by atoms with E-state index in [-0.39, 0.29) is 23.0 Å². The molecule has 5 nitrogen and oxygen atoms in total. The summed E-state index contributed by atoms with van der Waals surface area (Å²) in [7, 11) is 0. The molecule has 1 amide bonds. The summed E-state index contributed by atoms with van der Waals surface area (Å²) in [6.45, 7) is 4.56. The molecular formula is C23H27N3O2. The molecule has 2 aliphatic rings. The topological polar surface area (TPSA) is 63.2 Å². The smallest absolute Gasteiger partial charge is 0.234 e. The van der Waals surface area contributed by atoms with Gasteiger partial charge in [0.1, 0.15) is 11.5 Å². The average molecular weight is 377 g/mol. The van der Waals surface area contributed by atoms with Crippen LogP contribution in [-0.4, -0.2) is 28.2 Å². The van der Waals surface area contributed by atoms with E-state index in [2.05, 4.69) is 9.97 Å². The maximum Gasteiger partial charge on any atom is 0.234 e. The SMILES string of the molecule is Cc1cccc(C(=O)C[C@H]2CCC[C@]3(CCN(c4cccc(C)n4)C3=O)C2)n1. The van der Waals surface area contributed by atoms with Crippen LogP contribution in [0.1, 0.15) is 60.4 Å². The molecule has 28 heavy (non-hydrogen) atoms. The number of rotatable bonds is 4. The molecule has 5 heteroatoms. The Labute approximate surface area is 166 Å². The fourth-order valence-electron chi connectivity index (χ4n) is 4.86. The number of carbonyl (C=O) groups is 2. The summed E-state index contributed by atoms with van der Waals surface area (Å²) >= 11 is 0. The molecule has 146 valence electrons. The molecule has 0 unspecified atom stereocenters. The van der Waals surface area contributed by atoms with Gasteiger partial charge in [-0.05, 0) is 69.7 Å². The van der Waals surface area contributed by atoms with Gasteiger partial charge < -0.3 is 0 Å². The summed E-state index contributed by atoms with van der Waals surface area (Å²) in [5.74, 6) is 1.28. The Morgan fingerprint density at radius 2 is 1.86 bits per heavy atom. The van der Waals surface area contributed by atoms with Crippen LogP contribution >= 0.6 is 0 Å². The van der Waals surface area contributed by atoms with Gasteiger partial charge in [0.05, 0.1) is 5.41 Å². The highest BCUT2D eigenvalue weighted by Gasteiger charge is 2.49. The number of amides is 1. The maximum atomic E-state index is 13.3. The first-order chi connectivity index (χ1) is 13.5. The van der Waals surface area contributed by atoms with Gasteiger partial charge in [0.15, 0.2) is 5.78 Å². The second-order valence-corrected chi connectivity index (χ2v) is 8.38. The second-order valence-electron chi connectivity index (χ2n) is 8.38. The molecular weight excluding hydrogens is 350 g/mol. The lowest BCUT2D eigenvalue weighted by molar-refractivity contribution is -0.128. The van der Waals surface area contributed by atoms with Gasteiger partial charge in [0, 0.05) is 24.4 Å². The summed E-state index contributed by atoms with van der Waals surface area (Å²) in [5.41, 5.74) is 2.00. The van der Waals surface area contributed by atoms with E-state index in [4.69, 9.17) is 0 Å². The fourth-order valence-corrected chi connectivity index (χ4v) is 4.86. The molecule has 2 aromatic rings. The van der Waals surface area contributed by atoms with Crippen molar-refractivity contribution < 1.29 is 9.59 Å². The molecule has 1 spiro atoms. The molecule has 3 heterocycles. The van der Waals surface area contributed by atoms with Gasteiger partial charge >= 0.3 is 0 Å². The van der Waals surface area contributed by atoms with Crippen LogP contribution in [-0.2, 0) is 4.79 Å². The quantitative estimate of drug-likeness (QED) is 0.746. The van der Waals surface area contributed by atoms with Crippen LogP contribution in [0.5, 0.6) is 0 Å². The minimum atomic E-state index is -0.325. The molecule has 2 aromatic heterocycles. The lowest BCUT2D eigenvalue weighted by Gasteiger charge is -2.36. The molecule has 2 atom stereocenters. The summed E-state index contributed by atoms with van der Waals surface area (Å²) < 4.78 is 0. The lowest BCUT2D eigenvalue weighted by Crippen LogP contribution is -2.39. The Hall–Kier alpha value is -2.56. The van der Waals surface area contributed by atoms with E-state index in [1.807, 2.05) is 49.1 Å². The first kappa shape index (κ1) is 18.8. The zero-order valence-corrected chi connectivity index (χ0v) is 16.6. The Bertz CT molecular complexity index is 910. The number of hydrogen-bond acceptors (Lipinski definition) is 4. The van der Waals surface area contributed by atoms with E-state index < -0.39 is 0 Å². The van der Waals surface area contributed by atoms with Crippen molar-refractivity contribution in [1.29, 1.82) is 0 Å². The zero-order chi connectivity index (χ0) is 19.7. The minimum absolute atomic E-state index is 0.0911. The maximum absolute atomic E-state index is 13.3. The van der Waals surface area contributed by atoms with E-state index in [1.54, 1.807) is 6.07 Å². The van der Waals surface area contributed by atoms with Crippen LogP contribution in [0.4, 0.5) is 5.82 Å². The summed E-state index contributed by atoms with van der Waals surface area (Å²) in [6.07, 6.45) is 5.06. The Morgan fingerprint density at radius 1 is 1.11 bits per heavy atom. The van der Waals surface area contributed by atoms with Crippen molar-refractivity contribution in [1.82, 2.24) is 9.97 Å². The average Bonchev–Trinajstić information content (AvgIpc) is 2.97. The van der Waals surface area contributed by atoms with E-state index in [9.17, 15) is 9.59 Å². The Balaban J connectivity index is 1.47. The predicted molar refractivity (Wildman–Crippen MR) is 108 cm³/mol. The van der Waals surface area contributed by atoms with E-state index in [1.165, 1.54) is 0 Å². The van der Waals surface area contributed by atoms with Crippen LogP contribution in [0.25, 0.3) is 0 Å². The highest BCUT2D eigenvalue weighted by Crippen LogP contribution is 2.48. The van der Waals surface area contributed by atoms with Gasteiger partial charge in [-0.25, -0.2) is 4.98 Å². The molecule has 1 aliphatic carbocycles. The molecule has 0 N–H and O–H groups in total. The highest BCUT2D eigenvalue weighted by atomic mass is 16.2. The normalized spacial score (nSPS) is 24.7. The molecule has 1 saturated carbocycles. The molecule has 1 aliphatic heterocycles. The largest absolute Gasteiger partial charge is 0.296 e. The number of nitrogens with zero attached hydrogens (tertiary/aromatic N) is 3. The molecule has 1 saturated heterocycles. The molecule has 4 rings (SSSR count). The van der Waals surface area contributed by atoms with Crippen molar-refractivity contribution >= 4 is 17.5 Å². The van der Waals surface area contributed by atoms with Gasteiger partial charge in [-0.3, -0.25) is 19.5 Å². The third kappa shape index (κ3) is 3.58. The Kier molecular flexibility index (Phi) is 5.00. The summed E-state index contributed by atoms with van der Waals surface area (Å²) in [5, 5.41) is 0. The monoisotopic (exact) mass is 377 g/mol. The summed E-state index contributed by atoms with van der Waals surface area (Å²) in [6, 6.07) is 11.4. The van der Waals surface area contributed by atoms with E-state index in [0.29, 0.717) is 12.1 Å². The van der Waals surface area contributed by atoms with Crippen molar-refractivity contribution in [2.24, 2.45) is 11.3 Å². The van der Waals surface area contributed by atoms with E-state index >= 15 is 0 Å². The number of aryl methyl sites for hydroxylation is 2. The van der Waals surface area contributed by atoms with Gasteiger partial charge in [0.2, 0.25) is 5.91 Å². The first-order valence-corrected chi connectivity index (χ1v) is 10.2. The lowest BCUT2D eigenvalue weighted by atomic mass is 9.67. The van der Waals surface area contributed by atoms with Crippen molar-refractivity contribution in [2.45, 2.75) is 52.4 Å². The summed E-state index contributed by atoms with van der Waals surface area (Å²) in [4.78, 5) is 36.8. The number of carbonyl (C=O) groups excluding carboxylic acids is 2.